The van der Waals surface area contributed by atoms with Crippen LogP contribution >= 0.6 is 0 Å². The number of aliphatic hydroxyl groups excluding tert-OH is 1. The maximum Gasteiger partial charge on any atom is 0.338 e. The maximum absolute atomic E-state index is 11.4. The molecule has 1 N–H and O–H groups in total. The SMILES string of the molecule is C/C(=C\COC(=O)c1ccccc1)CO. The van der Waals surface area contributed by atoms with Crippen LogP contribution in [0.2, 0.25) is 0 Å². The molecule has 80 valence electrons. The molecule has 0 fully saturated rings. The van der Waals surface area contributed by atoms with Crippen molar-refractivity contribution in [3.63, 3.8) is 0 Å². The van der Waals surface area contributed by atoms with Crippen LogP contribution in [-0.4, -0.2) is 24.3 Å². The molecule has 0 aliphatic heterocycles. The largest absolute Gasteiger partial charge is 0.458 e. The lowest BCUT2D eigenvalue weighted by molar-refractivity contribution is 0.0548. The van der Waals surface area contributed by atoms with E-state index >= 15 is 0 Å². The van der Waals surface area contributed by atoms with Crippen LogP contribution in [0.3, 0.4) is 0 Å². The average molecular weight is 206 g/mol. The highest BCUT2D eigenvalue weighted by Crippen LogP contribution is 2.01. The molecule has 0 spiro atoms. The zero-order valence-corrected chi connectivity index (χ0v) is 8.64. The Balaban J connectivity index is 2.44. The molecule has 3 heteroatoms. The fraction of sp³-hybridized carbons (Fsp3) is 0.250. The first-order valence-corrected chi connectivity index (χ1v) is 4.72. The molecule has 3 nitrogen and oxygen atoms in total. The summed E-state index contributed by atoms with van der Waals surface area (Å²) in [5.74, 6) is -0.349. The van der Waals surface area contributed by atoms with Gasteiger partial charge in [-0.05, 0) is 30.7 Å². The molecule has 1 aromatic rings. The number of hydrogen-bond donors (Lipinski definition) is 1. The second kappa shape index (κ2) is 5.98. The van der Waals surface area contributed by atoms with Gasteiger partial charge < -0.3 is 9.84 Å². The number of aliphatic hydroxyl groups is 1. The summed E-state index contributed by atoms with van der Waals surface area (Å²) in [7, 11) is 0. The van der Waals surface area contributed by atoms with Crippen LogP contribution in [0.5, 0.6) is 0 Å². The third-order valence-electron chi connectivity index (χ3n) is 1.91. The number of carbonyl (C=O) groups is 1. The van der Waals surface area contributed by atoms with Crippen LogP contribution in [0, 0.1) is 0 Å². The van der Waals surface area contributed by atoms with Gasteiger partial charge in [-0.25, -0.2) is 4.79 Å². The summed E-state index contributed by atoms with van der Waals surface area (Å²) in [5, 5.41) is 8.71. The van der Waals surface area contributed by atoms with Gasteiger partial charge in [0.2, 0.25) is 0 Å². The van der Waals surface area contributed by atoms with Crippen molar-refractivity contribution in [3.8, 4) is 0 Å². The molecule has 0 aliphatic rings. The summed E-state index contributed by atoms with van der Waals surface area (Å²) in [6, 6.07) is 8.80. The van der Waals surface area contributed by atoms with Gasteiger partial charge in [0.15, 0.2) is 0 Å². The molecular weight excluding hydrogens is 192 g/mol. The molecular formula is C12H14O3. The monoisotopic (exact) mass is 206 g/mol. The van der Waals surface area contributed by atoms with Gasteiger partial charge in [0.1, 0.15) is 6.61 Å². The molecule has 0 radical (unpaired) electrons. The minimum Gasteiger partial charge on any atom is -0.458 e. The van der Waals surface area contributed by atoms with Crippen molar-refractivity contribution in [1.29, 1.82) is 0 Å². The van der Waals surface area contributed by atoms with Gasteiger partial charge in [0.25, 0.3) is 0 Å². The number of hydrogen-bond acceptors (Lipinski definition) is 3. The number of esters is 1. The minimum atomic E-state index is -0.349. The van der Waals surface area contributed by atoms with Gasteiger partial charge in [-0.1, -0.05) is 18.2 Å². The van der Waals surface area contributed by atoms with Crippen LogP contribution in [0.15, 0.2) is 42.0 Å². The van der Waals surface area contributed by atoms with Crippen molar-refractivity contribution >= 4 is 5.97 Å². The van der Waals surface area contributed by atoms with Gasteiger partial charge in [-0.15, -0.1) is 0 Å². The summed E-state index contributed by atoms with van der Waals surface area (Å²) in [6.07, 6.45) is 1.68. The summed E-state index contributed by atoms with van der Waals surface area (Å²) in [4.78, 5) is 11.4. The number of benzene rings is 1. The highest BCUT2D eigenvalue weighted by molar-refractivity contribution is 5.89. The standard InChI is InChI=1S/C12H14O3/c1-10(9-13)7-8-15-12(14)11-5-3-2-4-6-11/h2-7,13H,8-9H2,1H3/b10-7+. The average Bonchev–Trinajstić information content (AvgIpc) is 2.29. The number of carbonyl (C=O) groups excluding carboxylic acids is 1. The van der Waals surface area contributed by atoms with Gasteiger partial charge >= 0.3 is 5.97 Å². The molecule has 0 atom stereocenters. The number of rotatable bonds is 4. The van der Waals surface area contributed by atoms with Crippen molar-refractivity contribution in [1.82, 2.24) is 0 Å². The van der Waals surface area contributed by atoms with Crippen LogP contribution in [0.4, 0.5) is 0 Å². The zero-order valence-electron chi connectivity index (χ0n) is 8.64. The lowest BCUT2D eigenvalue weighted by atomic mass is 10.2. The van der Waals surface area contributed by atoms with Crippen LogP contribution in [-0.2, 0) is 4.74 Å². The molecule has 0 aliphatic carbocycles. The minimum absolute atomic E-state index is 0.0110. The topological polar surface area (TPSA) is 46.5 Å². The molecule has 0 bridgehead atoms. The molecule has 0 amide bonds. The van der Waals surface area contributed by atoms with E-state index in [1.165, 1.54) is 0 Å². The van der Waals surface area contributed by atoms with E-state index < -0.39 is 0 Å². The fourth-order valence-electron chi connectivity index (χ4n) is 0.982. The first-order valence-electron chi connectivity index (χ1n) is 4.72. The smallest absolute Gasteiger partial charge is 0.338 e. The summed E-state index contributed by atoms with van der Waals surface area (Å²) < 4.78 is 4.97. The summed E-state index contributed by atoms with van der Waals surface area (Å²) in [6.45, 7) is 1.96. The fourth-order valence-corrected chi connectivity index (χ4v) is 0.982. The Morgan fingerprint density at radius 3 is 2.67 bits per heavy atom. The molecule has 0 saturated carbocycles. The second-order valence-electron chi connectivity index (χ2n) is 3.17. The van der Waals surface area contributed by atoms with Gasteiger partial charge in [0, 0.05) is 0 Å². The predicted octanol–water partition coefficient (Wildman–Crippen LogP) is 1.78. The summed E-state index contributed by atoms with van der Waals surface area (Å²) in [5.41, 5.74) is 1.32. The van der Waals surface area contributed by atoms with E-state index in [1.54, 1.807) is 37.3 Å². The Labute approximate surface area is 89.0 Å². The van der Waals surface area contributed by atoms with Gasteiger partial charge in [0.05, 0.1) is 12.2 Å². The lowest BCUT2D eigenvalue weighted by Gasteiger charge is -2.02. The van der Waals surface area contributed by atoms with E-state index in [0.717, 1.165) is 5.57 Å². The number of ether oxygens (including phenoxy) is 1. The van der Waals surface area contributed by atoms with Crippen LogP contribution in [0.1, 0.15) is 17.3 Å². The quantitative estimate of drug-likeness (QED) is 0.603. The van der Waals surface area contributed by atoms with E-state index in [9.17, 15) is 4.79 Å². The Kier molecular flexibility index (Phi) is 4.57. The Hall–Kier alpha value is -1.61. The van der Waals surface area contributed by atoms with Crippen LogP contribution < -0.4 is 0 Å². The normalized spacial score (nSPS) is 11.2. The van der Waals surface area contributed by atoms with E-state index in [4.69, 9.17) is 9.84 Å². The molecule has 15 heavy (non-hydrogen) atoms. The Morgan fingerprint density at radius 2 is 2.07 bits per heavy atom. The molecule has 1 rings (SSSR count). The Morgan fingerprint density at radius 1 is 1.40 bits per heavy atom. The highest BCUT2D eigenvalue weighted by Gasteiger charge is 2.03. The van der Waals surface area contributed by atoms with Crippen molar-refractivity contribution in [2.24, 2.45) is 0 Å². The Bertz CT molecular complexity index is 341. The highest BCUT2D eigenvalue weighted by atomic mass is 16.5. The van der Waals surface area contributed by atoms with Crippen molar-refractivity contribution < 1.29 is 14.6 Å². The first kappa shape index (κ1) is 11.5. The van der Waals surface area contributed by atoms with Gasteiger partial charge in [-0.2, -0.15) is 0 Å². The third kappa shape index (κ3) is 3.95. The van der Waals surface area contributed by atoms with Gasteiger partial charge in [-0.3, -0.25) is 0 Å². The van der Waals surface area contributed by atoms with Crippen molar-refractivity contribution in [2.45, 2.75) is 6.92 Å². The van der Waals surface area contributed by atoms with E-state index in [0.29, 0.717) is 5.56 Å². The predicted molar refractivity (Wildman–Crippen MR) is 57.6 cm³/mol. The van der Waals surface area contributed by atoms with E-state index in [1.807, 2.05) is 6.07 Å². The molecule has 0 saturated heterocycles. The van der Waals surface area contributed by atoms with Crippen molar-refractivity contribution in [3.05, 3.63) is 47.5 Å². The van der Waals surface area contributed by atoms with E-state index in [2.05, 4.69) is 0 Å². The van der Waals surface area contributed by atoms with Crippen molar-refractivity contribution in [2.75, 3.05) is 13.2 Å². The van der Waals surface area contributed by atoms with Crippen LogP contribution in [0.25, 0.3) is 0 Å². The molecule has 0 unspecified atom stereocenters. The summed E-state index contributed by atoms with van der Waals surface area (Å²) >= 11 is 0. The third-order valence-corrected chi connectivity index (χ3v) is 1.91. The molecule has 0 aromatic heterocycles. The maximum atomic E-state index is 11.4. The first-order chi connectivity index (χ1) is 7.24. The van der Waals surface area contributed by atoms with E-state index in [-0.39, 0.29) is 19.2 Å². The second-order valence-corrected chi connectivity index (χ2v) is 3.17. The lowest BCUT2D eigenvalue weighted by Crippen LogP contribution is -2.05. The molecule has 0 heterocycles. The molecule has 1 aromatic carbocycles. The zero-order chi connectivity index (χ0) is 11.1.